The Bertz CT molecular complexity index is 613. The third-order valence-corrected chi connectivity index (χ3v) is 5.38. The summed E-state index contributed by atoms with van der Waals surface area (Å²) in [5.74, 6) is 0.481. The van der Waals surface area contributed by atoms with Crippen molar-refractivity contribution in [3.05, 3.63) is 71.8 Å². The van der Waals surface area contributed by atoms with Gasteiger partial charge in [-0.3, -0.25) is 4.79 Å². The van der Waals surface area contributed by atoms with Crippen LogP contribution in [0.1, 0.15) is 45.2 Å². The van der Waals surface area contributed by atoms with E-state index in [0.29, 0.717) is 12.2 Å². The molecule has 0 N–H and O–H groups in total. The van der Waals surface area contributed by atoms with Crippen molar-refractivity contribution in [2.24, 2.45) is 5.92 Å². The lowest BCUT2D eigenvalue weighted by Gasteiger charge is -2.41. The summed E-state index contributed by atoms with van der Waals surface area (Å²) in [6.07, 6.45) is 0.534. The maximum atomic E-state index is 13.4. The smallest absolute Gasteiger partial charge is 0.147 e. The van der Waals surface area contributed by atoms with Gasteiger partial charge in [-0.25, -0.2) is 0 Å². The van der Waals surface area contributed by atoms with Crippen LogP contribution in [0.15, 0.2) is 60.7 Å². The maximum absolute atomic E-state index is 13.4. The third kappa shape index (κ3) is 4.44. The molecule has 26 heavy (non-hydrogen) atoms. The number of carbonyl (C=O) groups excluding carboxylic acids is 1. The summed E-state index contributed by atoms with van der Waals surface area (Å²) in [6, 6.07) is 20.6. The molecule has 142 valence electrons. The fourth-order valence-electron chi connectivity index (χ4n) is 4.02. The van der Waals surface area contributed by atoms with E-state index < -0.39 is 5.41 Å². The van der Waals surface area contributed by atoms with Gasteiger partial charge >= 0.3 is 0 Å². The first-order chi connectivity index (χ1) is 12.1. The van der Waals surface area contributed by atoms with Gasteiger partial charge in [0.1, 0.15) is 5.78 Å². The highest BCUT2D eigenvalue weighted by atomic mass is 79.9. The molecule has 0 heterocycles. The van der Waals surface area contributed by atoms with Crippen molar-refractivity contribution in [1.82, 2.24) is 4.90 Å². The van der Waals surface area contributed by atoms with Gasteiger partial charge in [0.15, 0.2) is 0 Å². The van der Waals surface area contributed by atoms with Crippen LogP contribution in [0.4, 0.5) is 0 Å². The quantitative estimate of drug-likeness (QED) is 0.535. The predicted octanol–water partition coefficient (Wildman–Crippen LogP) is 5.51. The number of benzene rings is 2. The first-order valence-corrected chi connectivity index (χ1v) is 9.47. The topological polar surface area (TPSA) is 20.3 Å². The molecule has 3 heteroatoms. The minimum absolute atomic E-state index is 0. The SMILES string of the molecule is Br.CCC(=O)C(c1ccccc1)(c1ccccc1)C(C)CN(CC)CC. The van der Waals surface area contributed by atoms with E-state index >= 15 is 0 Å². The van der Waals surface area contributed by atoms with Crippen molar-refractivity contribution in [1.29, 1.82) is 0 Å². The van der Waals surface area contributed by atoms with E-state index in [1.165, 1.54) is 0 Å². The van der Waals surface area contributed by atoms with E-state index in [0.717, 1.165) is 30.8 Å². The van der Waals surface area contributed by atoms with Crippen LogP contribution in [0.2, 0.25) is 0 Å². The zero-order valence-electron chi connectivity index (χ0n) is 16.4. The highest BCUT2D eigenvalue weighted by Gasteiger charge is 2.45. The van der Waals surface area contributed by atoms with Crippen molar-refractivity contribution in [3.8, 4) is 0 Å². The van der Waals surface area contributed by atoms with Crippen molar-refractivity contribution in [3.63, 3.8) is 0 Å². The van der Waals surface area contributed by atoms with Crippen LogP contribution in [-0.2, 0) is 10.2 Å². The summed E-state index contributed by atoms with van der Waals surface area (Å²) in [7, 11) is 0. The van der Waals surface area contributed by atoms with E-state index in [1.807, 2.05) is 43.3 Å². The molecule has 0 aliphatic heterocycles. The second kappa shape index (κ2) is 10.6. The molecule has 2 aromatic rings. The van der Waals surface area contributed by atoms with Gasteiger partial charge in [-0.1, -0.05) is 88.4 Å². The summed E-state index contributed by atoms with van der Waals surface area (Å²) < 4.78 is 0. The Hall–Kier alpha value is -1.45. The van der Waals surface area contributed by atoms with E-state index in [-0.39, 0.29) is 22.9 Å². The number of hydrogen-bond donors (Lipinski definition) is 0. The van der Waals surface area contributed by atoms with Crippen LogP contribution < -0.4 is 0 Å². The number of halogens is 1. The van der Waals surface area contributed by atoms with Gasteiger partial charge in [-0.15, -0.1) is 17.0 Å². The monoisotopic (exact) mass is 417 g/mol. The highest BCUT2D eigenvalue weighted by molar-refractivity contribution is 8.93. The second-order valence-electron chi connectivity index (χ2n) is 6.70. The number of rotatable bonds is 9. The molecule has 1 unspecified atom stereocenters. The molecule has 0 spiro atoms. The molecule has 2 rings (SSSR count). The Balaban J connectivity index is 0.00000338. The van der Waals surface area contributed by atoms with Crippen molar-refractivity contribution >= 4 is 22.8 Å². The number of Topliss-reactive ketones (excluding diaryl/α,β-unsaturated/α-hetero) is 1. The summed E-state index contributed by atoms with van der Waals surface area (Å²) in [5, 5.41) is 0. The Labute approximate surface area is 169 Å². The Morgan fingerprint density at radius 2 is 1.31 bits per heavy atom. The fourth-order valence-corrected chi connectivity index (χ4v) is 4.02. The molecule has 0 aromatic heterocycles. The maximum Gasteiger partial charge on any atom is 0.147 e. The molecule has 0 radical (unpaired) electrons. The normalized spacial score (nSPS) is 12.5. The average Bonchev–Trinajstić information content (AvgIpc) is 2.68. The van der Waals surface area contributed by atoms with E-state index in [2.05, 4.69) is 49.9 Å². The first-order valence-electron chi connectivity index (χ1n) is 9.47. The molecule has 0 fully saturated rings. The van der Waals surface area contributed by atoms with E-state index in [4.69, 9.17) is 0 Å². The molecule has 0 aliphatic carbocycles. The van der Waals surface area contributed by atoms with Crippen LogP contribution in [0.25, 0.3) is 0 Å². The minimum Gasteiger partial charge on any atom is -0.304 e. The van der Waals surface area contributed by atoms with Crippen LogP contribution >= 0.6 is 17.0 Å². The lowest BCUT2D eigenvalue weighted by atomic mass is 9.63. The molecule has 2 nitrogen and oxygen atoms in total. The van der Waals surface area contributed by atoms with Crippen LogP contribution in [0.3, 0.4) is 0 Å². The standard InChI is InChI=1S/C23H31NO.BrH/c1-5-22(25)23(20-14-10-8-11-15-20,21-16-12-9-13-17-21)19(4)18-24(6-2)7-3;/h8-17,19H,5-7,18H2,1-4H3;1H. The summed E-state index contributed by atoms with van der Waals surface area (Å²) in [6.45, 7) is 11.5. The van der Waals surface area contributed by atoms with Gasteiger partial charge in [-0.05, 0) is 30.1 Å². The van der Waals surface area contributed by atoms with Gasteiger partial charge < -0.3 is 4.90 Å². The lowest BCUT2D eigenvalue weighted by Crippen LogP contribution is -2.47. The first kappa shape index (κ1) is 22.6. The van der Waals surface area contributed by atoms with Crippen LogP contribution in [-0.4, -0.2) is 30.3 Å². The molecule has 0 saturated carbocycles. The minimum atomic E-state index is -0.597. The van der Waals surface area contributed by atoms with Crippen LogP contribution in [0.5, 0.6) is 0 Å². The second-order valence-corrected chi connectivity index (χ2v) is 6.70. The Morgan fingerprint density at radius 1 is 0.885 bits per heavy atom. The molecule has 0 saturated heterocycles. The molecular formula is C23H32BrNO. The van der Waals surface area contributed by atoms with Gasteiger partial charge in [0, 0.05) is 13.0 Å². The van der Waals surface area contributed by atoms with Gasteiger partial charge in [0.2, 0.25) is 0 Å². The van der Waals surface area contributed by atoms with Crippen LogP contribution in [0, 0.1) is 5.92 Å². The summed E-state index contributed by atoms with van der Waals surface area (Å²) in [4.78, 5) is 15.8. The highest BCUT2D eigenvalue weighted by Crippen LogP contribution is 2.41. The van der Waals surface area contributed by atoms with Gasteiger partial charge in [0.25, 0.3) is 0 Å². The Kier molecular flexibility index (Phi) is 9.24. The van der Waals surface area contributed by atoms with Gasteiger partial charge in [0.05, 0.1) is 5.41 Å². The molecule has 0 aliphatic rings. The molecule has 0 bridgehead atoms. The average molecular weight is 418 g/mol. The molecule has 0 amide bonds. The number of nitrogens with zero attached hydrogens (tertiary/aromatic N) is 1. The van der Waals surface area contributed by atoms with Gasteiger partial charge in [-0.2, -0.15) is 0 Å². The molecular weight excluding hydrogens is 386 g/mol. The third-order valence-electron chi connectivity index (χ3n) is 5.38. The Morgan fingerprint density at radius 3 is 1.65 bits per heavy atom. The van der Waals surface area contributed by atoms with E-state index in [9.17, 15) is 4.79 Å². The van der Waals surface area contributed by atoms with Crippen molar-refractivity contribution in [2.75, 3.05) is 19.6 Å². The predicted molar refractivity (Wildman–Crippen MR) is 116 cm³/mol. The molecule has 2 aromatic carbocycles. The zero-order valence-corrected chi connectivity index (χ0v) is 18.2. The largest absolute Gasteiger partial charge is 0.304 e. The number of ketones is 1. The number of hydrogen-bond acceptors (Lipinski definition) is 2. The molecule has 1 atom stereocenters. The summed E-state index contributed by atoms with van der Waals surface area (Å²) >= 11 is 0. The lowest BCUT2D eigenvalue weighted by molar-refractivity contribution is -0.124. The summed E-state index contributed by atoms with van der Waals surface area (Å²) in [5.41, 5.74) is 1.61. The van der Waals surface area contributed by atoms with Crippen molar-refractivity contribution < 1.29 is 4.79 Å². The number of carbonyl (C=O) groups is 1. The fraction of sp³-hybridized carbons (Fsp3) is 0.435. The van der Waals surface area contributed by atoms with Crippen molar-refractivity contribution in [2.45, 2.75) is 39.5 Å². The zero-order chi connectivity index (χ0) is 18.3. The van der Waals surface area contributed by atoms with E-state index in [1.54, 1.807) is 0 Å².